The van der Waals surface area contributed by atoms with E-state index in [1.807, 2.05) is 43.3 Å². The van der Waals surface area contributed by atoms with E-state index in [-0.39, 0.29) is 5.78 Å². The minimum atomic E-state index is 0.0278. The first-order chi connectivity index (χ1) is 13.1. The number of carbonyl (C=O) groups is 1. The topological polar surface area (TPSA) is 72.2 Å². The Labute approximate surface area is 156 Å². The van der Waals surface area contributed by atoms with Crippen LogP contribution in [-0.4, -0.2) is 25.4 Å². The van der Waals surface area contributed by atoms with Crippen molar-refractivity contribution in [1.29, 1.82) is 0 Å². The van der Waals surface area contributed by atoms with Crippen molar-refractivity contribution in [2.75, 3.05) is 5.32 Å². The predicted molar refractivity (Wildman–Crippen MR) is 104 cm³/mol. The standard InChI is InChI=1S/C21H19N5O/c1-14-19(11-16-7-4-3-5-8-16)20(26-21(24-14)22-13-23-26)25-18-10-6-9-17(12-18)15(2)27/h3-10,12-13,25H,11H2,1-2H3. The molecule has 0 bridgehead atoms. The second-order valence-electron chi connectivity index (χ2n) is 6.42. The van der Waals surface area contributed by atoms with Crippen molar-refractivity contribution in [2.24, 2.45) is 0 Å². The Morgan fingerprint density at radius 3 is 2.70 bits per heavy atom. The summed E-state index contributed by atoms with van der Waals surface area (Å²) < 4.78 is 1.70. The zero-order valence-corrected chi connectivity index (χ0v) is 15.2. The number of rotatable bonds is 5. The molecule has 6 nitrogen and oxygen atoms in total. The molecule has 4 rings (SSSR count). The van der Waals surface area contributed by atoms with Gasteiger partial charge in [-0.05, 0) is 31.5 Å². The lowest BCUT2D eigenvalue weighted by Crippen LogP contribution is -2.09. The van der Waals surface area contributed by atoms with Gasteiger partial charge in [-0.15, -0.1) is 0 Å². The molecule has 0 amide bonds. The number of benzene rings is 2. The average molecular weight is 357 g/mol. The lowest BCUT2D eigenvalue weighted by atomic mass is 10.0. The van der Waals surface area contributed by atoms with E-state index in [0.29, 0.717) is 17.8 Å². The fraction of sp³-hybridized carbons (Fsp3) is 0.143. The van der Waals surface area contributed by atoms with Gasteiger partial charge in [0.25, 0.3) is 5.78 Å². The monoisotopic (exact) mass is 357 g/mol. The second kappa shape index (κ2) is 6.99. The van der Waals surface area contributed by atoms with E-state index in [4.69, 9.17) is 0 Å². The number of hydrogen-bond donors (Lipinski definition) is 1. The van der Waals surface area contributed by atoms with E-state index in [0.717, 1.165) is 22.8 Å². The lowest BCUT2D eigenvalue weighted by Gasteiger charge is -2.16. The summed E-state index contributed by atoms with van der Waals surface area (Å²) in [5.74, 6) is 1.37. The molecule has 0 fully saturated rings. The number of ketones is 1. The Hall–Kier alpha value is -3.54. The van der Waals surface area contributed by atoms with Crippen LogP contribution in [0, 0.1) is 6.92 Å². The van der Waals surface area contributed by atoms with Crippen LogP contribution in [0.3, 0.4) is 0 Å². The highest BCUT2D eigenvalue weighted by Gasteiger charge is 2.15. The van der Waals surface area contributed by atoms with Crippen molar-refractivity contribution >= 4 is 23.1 Å². The van der Waals surface area contributed by atoms with Gasteiger partial charge in [0.1, 0.15) is 12.1 Å². The quantitative estimate of drug-likeness (QED) is 0.547. The summed E-state index contributed by atoms with van der Waals surface area (Å²) in [6, 6.07) is 17.7. The van der Waals surface area contributed by atoms with Gasteiger partial charge in [0.2, 0.25) is 0 Å². The zero-order chi connectivity index (χ0) is 18.8. The molecule has 4 aromatic rings. The van der Waals surface area contributed by atoms with Gasteiger partial charge >= 0.3 is 0 Å². The molecule has 0 aliphatic heterocycles. The number of nitrogens with zero attached hydrogens (tertiary/aromatic N) is 4. The summed E-state index contributed by atoms with van der Waals surface area (Å²) in [6.45, 7) is 3.54. The SMILES string of the molecule is CC(=O)c1cccc(Nc2c(Cc3ccccc3)c(C)nc3ncnn23)c1. The fourth-order valence-electron chi connectivity index (χ4n) is 3.08. The van der Waals surface area contributed by atoms with E-state index in [9.17, 15) is 4.79 Å². The summed E-state index contributed by atoms with van der Waals surface area (Å²) in [5, 5.41) is 7.76. The molecule has 134 valence electrons. The van der Waals surface area contributed by atoms with Crippen molar-refractivity contribution in [2.45, 2.75) is 20.3 Å². The van der Waals surface area contributed by atoms with E-state index >= 15 is 0 Å². The van der Waals surface area contributed by atoms with Crippen LogP contribution in [0.15, 0.2) is 60.9 Å². The van der Waals surface area contributed by atoms with Crippen molar-refractivity contribution in [3.05, 3.63) is 83.3 Å². The molecule has 6 heteroatoms. The summed E-state index contributed by atoms with van der Waals surface area (Å²) in [5.41, 5.74) is 4.59. The number of hydrogen-bond acceptors (Lipinski definition) is 5. The van der Waals surface area contributed by atoms with Crippen LogP contribution in [0.2, 0.25) is 0 Å². The Kier molecular flexibility index (Phi) is 4.38. The van der Waals surface area contributed by atoms with Crippen molar-refractivity contribution in [3.8, 4) is 0 Å². The van der Waals surface area contributed by atoms with Crippen LogP contribution in [0.5, 0.6) is 0 Å². The maximum Gasteiger partial charge on any atom is 0.254 e. The minimum absolute atomic E-state index is 0.0278. The van der Waals surface area contributed by atoms with E-state index < -0.39 is 0 Å². The maximum atomic E-state index is 11.7. The molecule has 27 heavy (non-hydrogen) atoms. The molecule has 0 saturated heterocycles. The largest absolute Gasteiger partial charge is 0.340 e. The highest BCUT2D eigenvalue weighted by Crippen LogP contribution is 2.26. The van der Waals surface area contributed by atoms with E-state index in [1.54, 1.807) is 17.5 Å². The summed E-state index contributed by atoms with van der Waals surface area (Å²) in [6.07, 6.45) is 2.20. The summed E-state index contributed by atoms with van der Waals surface area (Å²) in [7, 11) is 0. The van der Waals surface area contributed by atoms with Crippen LogP contribution < -0.4 is 5.32 Å². The third-order valence-electron chi connectivity index (χ3n) is 4.49. The molecule has 0 radical (unpaired) electrons. The maximum absolute atomic E-state index is 11.7. The van der Waals surface area contributed by atoms with Crippen LogP contribution in [0.4, 0.5) is 11.5 Å². The smallest absolute Gasteiger partial charge is 0.254 e. The van der Waals surface area contributed by atoms with Crippen LogP contribution >= 0.6 is 0 Å². The number of nitrogens with one attached hydrogen (secondary N) is 1. The van der Waals surface area contributed by atoms with Crippen molar-refractivity contribution < 1.29 is 4.79 Å². The second-order valence-corrected chi connectivity index (χ2v) is 6.42. The van der Waals surface area contributed by atoms with Gasteiger partial charge in [0.05, 0.1) is 0 Å². The van der Waals surface area contributed by atoms with E-state index in [2.05, 4.69) is 32.5 Å². The van der Waals surface area contributed by atoms with E-state index in [1.165, 1.54) is 11.9 Å². The van der Waals surface area contributed by atoms with Gasteiger partial charge in [0, 0.05) is 28.9 Å². The first kappa shape index (κ1) is 16.9. The highest BCUT2D eigenvalue weighted by molar-refractivity contribution is 5.95. The number of anilines is 2. The van der Waals surface area contributed by atoms with Gasteiger partial charge in [-0.1, -0.05) is 42.5 Å². The molecular formula is C21H19N5O. The Bertz CT molecular complexity index is 1120. The van der Waals surface area contributed by atoms with Gasteiger partial charge in [-0.3, -0.25) is 4.79 Å². The molecule has 0 spiro atoms. The Balaban J connectivity index is 1.82. The normalized spacial score (nSPS) is 10.9. The van der Waals surface area contributed by atoms with Crippen molar-refractivity contribution in [3.63, 3.8) is 0 Å². The van der Waals surface area contributed by atoms with Gasteiger partial charge in [0.15, 0.2) is 5.78 Å². The zero-order valence-electron chi connectivity index (χ0n) is 15.2. The van der Waals surface area contributed by atoms with Gasteiger partial charge < -0.3 is 5.32 Å². The Morgan fingerprint density at radius 1 is 1.11 bits per heavy atom. The summed E-state index contributed by atoms with van der Waals surface area (Å²) >= 11 is 0. The van der Waals surface area contributed by atoms with Crippen LogP contribution in [0.25, 0.3) is 5.78 Å². The molecule has 2 aromatic carbocycles. The molecular weight excluding hydrogens is 338 g/mol. The average Bonchev–Trinajstić information content (AvgIpc) is 3.13. The molecule has 2 aromatic heterocycles. The van der Waals surface area contributed by atoms with Crippen molar-refractivity contribution in [1.82, 2.24) is 19.6 Å². The van der Waals surface area contributed by atoms with Crippen LogP contribution in [-0.2, 0) is 6.42 Å². The highest BCUT2D eigenvalue weighted by atomic mass is 16.1. The van der Waals surface area contributed by atoms with Crippen LogP contribution in [0.1, 0.15) is 34.1 Å². The molecule has 0 saturated carbocycles. The number of aryl methyl sites for hydroxylation is 1. The molecule has 1 N–H and O–H groups in total. The first-order valence-electron chi connectivity index (χ1n) is 8.73. The first-order valence-corrected chi connectivity index (χ1v) is 8.73. The molecule has 2 heterocycles. The number of fused-ring (bicyclic) bond motifs is 1. The Morgan fingerprint density at radius 2 is 1.93 bits per heavy atom. The fourth-order valence-corrected chi connectivity index (χ4v) is 3.08. The molecule has 0 aliphatic rings. The minimum Gasteiger partial charge on any atom is -0.340 e. The molecule has 0 aliphatic carbocycles. The van der Waals surface area contributed by atoms with Gasteiger partial charge in [-0.2, -0.15) is 14.6 Å². The predicted octanol–water partition coefficient (Wildman–Crippen LogP) is 3.97. The lowest BCUT2D eigenvalue weighted by molar-refractivity contribution is 0.101. The number of carbonyl (C=O) groups excluding carboxylic acids is 1. The summed E-state index contributed by atoms with van der Waals surface area (Å²) in [4.78, 5) is 20.5. The third kappa shape index (κ3) is 3.42. The third-order valence-corrected chi connectivity index (χ3v) is 4.49. The molecule has 0 atom stereocenters. The molecule has 0 unspecified atom stereocenters. The number of aromatic nitrogens is 4. The van der Waals surface area contributed by atoms with Gasteiger partial charge in [-0.25, -0.2) is 4.98 Å². The number of Topliss-reactive ketones (excluding diaryl/α,β-unsaturated/α-hetero) is 1.